The van der Waals surface area contributed by atoms with Crippen LogP contribution in [0.4, 0.5) is 13.2 Å². The molecular formula is C25H25F3N6O2S. The highest BCUT2D eigenvalue weighted by atomic mass is 32.1. The number of carbonyl (C=O) groups excluding carboxylic acids is 1. The number of ether oxygens (including phenoxy) is 1. The molecule has 1 aliphatic rings. The molecule has 1 saturated heterocycles. The predicted octanol–water partition coefficient (Wildman–Crippen LogP) is 5.19. The number of alkyl halides is 3. The van der Waals surface area contributed by atoms with Crippen LogP contribution in [0.2, 0.25) is 0 Å². The number of nitrogens with zero attached hydrogens (tertiary/aromatic N) is 5. The largest absolute Gasteiger partial charge is 0.451 e. The summed E-state index contributed by atoms with van der Waals surface area (Å²) in [5.41, 5.74) is 2.22. The van der Waals surface area contributed by atoms with Crippen molar-refractivity contribution in [3.05, 3.63) is 58.7 Å². The molecule has 3 aromatic heterocycles. The number of hydrogen-bond acceptors (Lipinski definition) is 7. The van der Waals surface area contributed by atoms with Gasteiger partial charge in [0.05, 0.1) is 11.6 Å². The van der Waals surface area contributed by atoms with Gasteiger partial charge in [-0.2, -0.15) is 18.3 Å². The first-order chi connectivity index (χ1) is 17.7. The smallest absolute Gasteiger partial charge is 0.381 e. The normalized spacial score (nSPS) is 15.7. The molecule has 4 heterocycles. The number of aromatic nitrogens is 5. The third-order valence-corrected chi connectivity index (χ3v) is 7.29. The van der Waals surface area contributed by atoms with Crippen LogP contribution in [-0.4, -0.2) is 43.9 Å². The van der Waals surface area contributed by atoms with E-state index in [2.05, 4.69) is 20.3 Å². The molecule has 0 aliphatic carbocycles. The lowest BCUT2D eigenvalue weighted by molar-refractivity contribution is -0.145. The second-order valence-electron chi connectivity index (χ2n) is 9.17. The maximum atomic E-state index is 13.2. The first kappa shape index (κ1) is 25.3. The Labute approximate surface area is 214 Å². The Balaban J connectivity index is 1.43. The molecule has 1 fully saturated rings. The molecule has 8 nitrogen and oxygen atoms in total. The van der Waals surface area contributed by atoms with Gasteiger partial charge in [0.15, 0.2) is 0 Å². The Bertz CT molecular complexity index is 1410. The molecule has 1 atom stereocenters. The summed E-state index contributed by atoms with van der Waals surface area (Å²) in [6.45, 7) is 5.90. The third kappa shape index (κ3) is 5.64. The summed E-state index contributed by atoms with van der Waals surface area (Å²) in [6.07, 6.45) is 3.27. The van der Waals surface area contributed by atoms with E-state index in [-0.39, 0.29) is 5.91 Å². The van der Waals surface area contributed by atoms with E-state index in [0.717, 1.165) is 65.8 Å². The average molecular weight is 531 g/mol. The van der Waals surface area contributed by atoms with Crippen LogP contribution < -0.4 is 5.32 Å². The van der Waals surface area contributed by atoms with Crippen LogP contribution in [0.5, 0.6) is 0 Å². The summed E-state index contributed by atoms with van der Waals surface area (Å²) in [4.78, 5) is 25.5. The van der Waals surface area contributed by atoms with Crippen molar-refractivity contribution in [3.63, 3.8) is 0 Å². The molecule has 0 spiro atoms. The minimum Gasteiger partial charge on any atom is -0.381 e. The monoisotopic (exact) mass is 530 g/mol. The number of amides is 1. The van der Waals surface area contributed by atoms with E-state index in [1.165, 1.54) is 11.3 Å². The molecule has 4 aromatic rings. The Kier molecular flexibility index (Phi) is 6.95. The number of aryl methyl sites for hydroxylation is 1. The third-order valence-electron chi connectivity index (χ3n) is 6.35. The number of rotatable bonds is 6. The van der Waals surface area contributed by atoms with E-state index in [0.29, 0.717) is 22.6 Å². The van der Waals surface area contributed by atoms with Crippen molar-refractivity contribution >= 4 is 28.1 Å². The van der Waals surface area contributed by atoms with Gasteiger partial charge >= 0.3 is 6.18 Å². The number of benzene rings is 1. The van der Waals surface area contributed by atoms with Gasteiger partial charge in [-0.1, -0.05) is 0 Å². The lowest BCUT2D eigenvalue weighted by Crippen LogP contribution is -2.27. The van der Waals surface area contributed by atoms with Crippen LogP contribution >= 0.6 is 11.3 Å². The zero-order valence-corrected chi connectivity index (χ0v) is 21.1. The van der Waals surface area contributed by atoms with Crippen LogP contribution in [-0.2, 0) is 17.5 Å². The quantitative estimate of drug-likeness (QED) is 0.369. The van der Waals surface area contributed by atoms with Crippen molar-refractivity contribution in [2.75, 3.05) is 13.2 Å². The van der Waals surface area contributed by atoms with Gasteiger partial charge in [-0.3, -0.25) is 9.48 Å². The van der Waals surface area contributed by atoms with Crippen LogP contribution in [0.15, 0.2) is 36.9 Å². The summed E-state index contributed by atoms with van der Waals surface area (Å²) >= 11 is 1.53. The van der Waals surface area contributed by atoms with E-state index in [1.54, 1.807) is 25.3 Å². The lowest BCUT2D eigenvalue weighted by Gasteiger charge is -2.21. The van der Waals surface area contributed by atoms with E-state index < -0.39 is 18.0 Å². The second kappa shape index (κ2) is 10.2. The maximum absolute atomic E-state index is 13.2. The minimum absolute atomic E-state index is 0.360. The minimum atomic E-state index is -4.63. The first-order valence-electron chi connectivity index (χ1n) is 11.9. The van der Waals surface area contributed by atoms with E-state index in [9.17, 15) is 18.0 Å². The zero-order valence-electron chi connectivity index (χ0n) is 20.2. The molecule has 37 heavy (non-hydrogen) atoms. The number of halogens is 3. The molecular weight excluding hydrogens is 505 g/mol. The molecule has 12 heteroatoms. The highest BCUT2D eigenvalue weighted by Crippen LogP contribution is 2.33. The molecule has 194 valence electrons. The summed E-state index contributed by atoms with van der Waals surface area (Å²) in [5, 5.41) is 9.27. The van der Waals surface area contributed by atoms with Crippen LogP contribution in [0.3, 0.4) is 0 Å². The molecule has 1 aliphatic heterocycles. The van der Waals surface area contributed by atoms with Crippen molar-refractivity contribution in [1.82, 2.24) is 30.0 Å². The SMILES string of the molecule is Cc1cnc(-c2cc(C(=O)NC(C)c3cnc(C(F)(F)F)nc3)cc3nn(CC4CCOCC4)cc23)s1. The summed E-state index contributed by atoms with van der Waals surface area (Å²) in [6, 6.07) is 2.90. The lowest BCUT2D eigenvalue weighted by atomic mass is 10.0. The molecule has 5 rings (SSSR count). The van der Waals surface area contributed by atoms with Gasteiger partial charge in [0.2, 0.25) is 5.82 Å². The standard InChI is InChI=1S/C25H25F3N6O2S/c1-14-9-29-23(37-14)19-7-17(8-21-20(19)13-34(33-21)12-16-3-5-36-6-4-16)22(35)32-15(2)18-10-30-24(31-11-18)25(26,27)28/h7-11,13,15-16H,3-6,12H2,1-2H3,(H,32,35). The van der Waals surface area contributed by atoms with E-state index >= 15 is 0 Å². The second-order valence-corrected chi connectivity index (χ2v) is 10.4. The van der Waals surface area contributed by atoms with Gasteiger partial charge in [-0.05, 0) is 44.7 Å². The van der Waals surface area contributed by atoms with Crippen LogP contribution in [0.25, 0.3) is 21.5 Å². The van der Waals surface area contributed by atoms with Crippen molar-refractivity contribution in [2.45, 2.75) is 45.5 Å². The Morgan fingerprint density at radius 2 is 1.92 bits per heavy atom. The Hall–Kier alpha value is -3.38. The topological polar surface area (TPSA) is 94.8 Å². The maximum Gasteiger partial charge on any atom is 0.451 e. The summed E-state index contributed by atoms with van der Waals surface area (Å²) in [7, 11) is 0. The van der Waals surface area contributed by atoms with Gasteiger partial charge in [-0.25, -0.2) is 15.0 Å². The highest BCUT2D eigenvalue weighted by Gasteiger charge is 2.34. The number of thiazole rings is 1. The fraction of sp³-hybridized carbons (Fsp3) is 0.400. The molecule has 1 N–H and O–H groups in total. The van der Waals surface area contributed by atoms with E-state index in [1.807, 2.05) is 17.8 Å². The molecule has 0 saturated carbocycles. The van der Waals surface area contributed by atoms with Gasteiger partial charge in [0.1, 0.15) is 5.01 Å². The number of carbonyl (C=O) groups is 1. The summed E-state index contributed by atoms with van der Waals surface area (Å²) < 4.78 is 45.7. The molecule has 1 amide bonds. The van der Waals surface area contributed by atoms with Crippen LogP contribution in [0, 0.1) is 12.8 Å². The predicted molar refractivity (Wildman–Crippen MR) is 132 cm³/mol. The molecule has 1 aromatic carbocycles. The van der Waals surface area contributed by atoms with E-state index in [4.69, 9.17) is 9.84 Å². The van der Waals surface area contributed by atoms with Gasteiger partial charge in [-0.15, -0.1) is 11.3 Å². The average Bonchev–Trinajstić information content (AvgIpc) is 3.49. The van der Waals surface area contributed by atoms with Crippen molar-refractivity contribution in [2.24, 2.45) is 5.92 Å². The zero-order chi connectivity index (χ0) is 26.2. The van der Waals surface area contributed by atoms with Gasteiger partial charge in [0.25, 0.3) is 5.91 Å². The van der Waals surface area contributed by atoms with Crippen molar-refractivity contribution in [1.29, 1.82) is 0 Å². The fourth-order valence-electron chi connectivity index (χ4n) is 4.32. The molecule has 1 unspecified atom stereocenters. The molecule has 0 radical (unpaired) electrons. The van der Waals surface area contributed by atoms with Crippen LogP contribution in [0.1, 0.15) is 52.4 Å². The molecule has 0 bridgehead atoms. The summed E-state index contributed by atoms with van der Waals surface area (Å²) in [5.74, 6) is -1.13. The Morgan fingerprint density at radius 1 is 1.19 bits per heavy atom. The number of hydrogen-bond donors (Lipinski definition) is 1. The van der Waals surface area contributed by atoms with Gasteiger partial charge < -0.3 is 10.1 Å². The highest BCUT2D eigenvalue weighted by molar-refractivity contribution is 7.15. The van der Waals surface area contributed by atoms with Gasteiger partial charge in [0, 0.05) is 71.5 Å². The first-order valence-corrected chi connectivity index (χ1v) is 12.7. The van der Waals surface area contributed by atoms with Crippen molar-refractivity contribution in [3.8, 4) is 10.6 Å². The number of fused-ring (bicyclic) bond motifs is 1. The number of nitrogens with one attached hydrogen (secondary N) is 1. The Morgan fingerprint density at radius 3 is 2.57 bits per heavy atom. The fourth-order valence-corrected chi connectivity index (χ4v) is 5.11. The van der Waals surface area contributed by atoms with Crippen molar-refractivity contribution < 1.29 is 22.7 Å².